The second kappa shape index (κ2) is 11.2. The summed E-state index contributed by atoms with van der Waals surface area (Å²) in [6.07, 6.45) is 4.42. The Morgan fingerprint density at radius 2 is 1.74 bits per heavy atom. The molecule has 1 aromatic heterocycles. The molecule has 1 saturated heterocycles. The first kappa shape index (κ1) is 21.6. The standard InChI is InChI=1S/C19H29N7.HI/c1-3-26-15-23-24-18(26)13-22-19(20-2)21-12-16-6-8-17(9-7-16)14-25-10-4-5-11-25;/h6-9,15H,3-5,10-14H2,1-2H3,(H2,20,21,22);1H. The van der Waals surface area contributed by atoms with E-state index in [1.54, 1.807) is 13.4 Å². The van der Waals surface area contributed by atoms with E-state index in [9.17, 15) is 0 Å². The van der Waals surface area contributed by atoms with Gasteiger partial charge in [-0.15, -0.1) is 34.2 Å². The summed E-state index contributed by atoms with van der Waals surface area (Å²) in [6.45, 7) is 7.81. The second-order valence-corrected chi connectivity index (χ2v) is 6.61. The van der Waals surface area contributed by atoms with Crippen LogP contribution in [0.2, 0.25) is 0 Å². The highest BCUT2D eigenvalue weighted by atomic mass is 127. The van der Waals surface area contributed by atoms with Crippen molar-refractivity contribution in [3.05, 3.63) is 47.5 Å². The van der Waals surface area contributed by atoms with E-state index in [0.29, 0.717) is 6.54 Å². The van der Waals surface area contributed by atoms with Crippen molar-refractivity contribution in [2.24, 2.45) is 4.99 Å². The molecule has 2 heterocycles. The zero-order valence-corrected chi connectivity index (χ0v) is 18.5. The van der Waals surface area contributed by atoms with Crippen molar-refractivity contribution in [2.45, 2.75) is 45.9 Å². The van der Waals surface area contributed by atoms with Gasteiger partial charge in [0.2, 0.25) is 0 Å². The Kier molecular flexibility index (Phi) is 8.99. The van der Waals surface area contributed by atoms with Crippen LogP contribution in [0, 0.1) is 0 Å². The van der Waals surface area contributed by atoms with Crippen LogP contribution in [0.15, 0.2) is 35.6 Å². The number of hydrogen-bond acceptors (Lipinski definition) is 4. The molecule has 0 bridgehead atoms. The Labute approximate surface area is 178 Å². The minimum Gasteiger partial charge on any atom is -0.352 e. The van der Waals surface area contributed by atoms with Gasteiger partial charge in [-0.2, -0.15) is 0 Å². The van der Waals surface area contributed by atoms with Crippen LogP contribution in [0.4, 0.5) is 0 Å². The zero-order valence-electron chi connectivity index (χ0n) is 16.2. The van der Waals surface area contributed by atoms with Crippen LogP contribution < -0.4 is 10.6 Å². The molecule has 0 aliphatic carbocycles. The second-order valence-electron chi connectivity index (χ2n) is 6.61. The summed E-state index contributed by atoms with van der Waals surface area (Å²) >= 11 is 0. The Morgan fingerprint density at radius 3 is 2.41 bits per heavy atom. The van der Waals surface area contributed by atoms with Gasteiger partial charge in [0.1, 0.15) is 6.33 Å². The van der Waals surface area contributed by atoms with E-state index >= 15 is 0 Å². The van der Waals surface area contributed by atoms with Gasteiger partial charge in [-0.05, 0) is 44.0 Å². The number of aryl methyl sites for hydroxylation is 1. The van der Waals surface area contributed by atoms with Gasteiger partial charge in [-0.1, -0.05) is 24.3 Å². The summed E-state index contributed by atoms with van der Waals surface area (Å²) in [6, 6.07) is 8.85. The molecule has 27 heavy (non-hydrogen) atoms. The molecule has 0 amide bonds. The molecule has 1 aromatic carbocycles. The molecule has 1 aliphatic rings. The number of rotatable bonds is 7. The fourth-order valence-electron chi connectivity index (χ4n) is 3.21. The lowest BCUT2D eigenvalue weighted by Crippen LogP contribution is -2.37. The van der Waals surface area contributed by atoms with Crippen molar-refractivity contribution in [1.82, 2.24) is 30.3 Å². The molecule has 2 aromatic rings. The van der Waals surface area contributed by atoms with Gasteiger partial charge in [-0.25, -0.2) is 0 Å². The average molecular weight is 483 g/mol. The van der Waals surface area contributed by atoms with Gasteiger partial charge >= 0.3 is 0 Å². The van der Waals surface area contributed by atoms with Crippen LogP contribution in [-0.2, 0) is 26.2 Å². The number of guanidine groups is 1. The van der Waals surface area contributed by atoms with Gasteiger partial charge < -0.3 is 15.2 Å². The van der Waals surface area contributed by atoms with Gasteiger partial charge in [0.25, 0.3) is 0 Å². The Bertz CT molecular complexity index is 705. The SMILES string of the molecule is CCn1cnnc1CNC(=NC)NCc1ccc(CN2CCCC2)cc1.I. The van der Waals surface area contributed by atoms with Crippen LogP contribution in [0.25, 0.3) is 0 Å². The highest BCUT2D eigenvalue weighted by molar-refractivity contribution is 14.0. The quantitative estimate of drug-likeness (QED) is 0.360. The molecule has 0 unspecified atom stereocenters. The van der Waals surface area contributed by atoms with E-state index in [2.05, 4.69) is 61.9 Å². The number of aliphatic imine (C=N–C) groups is 1. The van der Waals surface area contributed by atoms with E-state index < -0.39 is 0 Å². The first-order valence-electron chi connectivity index (χ1n) is 9.40. The van der Waals surface area contributed by atoms with Crippen molar-refractivity contribution in [2.75, 3.05) is 20.1 Å². The van der Waals surface area contributed by atoms with Crippen molar-refractivity contribution >= 4 is 29.9 Å². The lowest BCUT2D eigenvalue weighted by Gasteiger charge is -2.15. The molecule has 2 N–H and O–H groups in total. The topological polar surface area (TPSA) is 70.4 Å². The van der Waals surface area contributed by atoms with Crippen LogP contribution in [0.3, 0.4) is 0 Å². The normalized spacial score (nSPS) is 14.8. The number of hydrogen-bond donors (Lipinski definition) is 2. The summed E-state index contributed by atoms with van der Waals surface area (Å²) in [4.78, 5) is 6.80. The predicted octanol–water partition coefficient (Wildman–Crippen LogP) is 2.38. The Morgan fingerprint density at radius 1 is 1.07 bits per heavy atom. The van der Waals surface area contributed by atoms with Crippen molar-refractivity contribution < 1.29 is 0 Å². The van der Waals surface area contributed by atoms with Crippen LogP contribution in [0.5, 0.6) is 0 Å². The van der Waals surface area contributed by atoms with Crippen molar-refractivity contribution in [1.29, 1.82) is 0 Å². The zero-order chi connectivity index (χ0) is 18.2. The van der Waals surface area contributed by atoms with E-state index in [4.69, 9.17) is 0 Å². The lowest BCUT2D eigenvalue weighted by molar-refractivity contribution is 0.331. The Hall–Kier alpha value is -1.68. The fourth-order valence-corrected chi connectivity index (χ4v) is 3.21. The number of nitrogens with zero attached hydrogens (tertiary/aromatic N) is 5. The van der Waals surface area contributed by atoms with Crippen LogP contribution in [-0.4, -0.2) is 45.8 Å². The summed E-state index contributed by atoms with van der Waals surface area (Å²) in [5, 5.41) is 14.7. The molecule has 0 atom stereocenters. The number of likely N-dealkylation sites (tertiary alicyclic amines) is 1. The molecule has 8 heteroatoms. The number of nitrogens with one attached hydrogen (secondary N) is 2. The Balaban J connectivity index is 0.00000261. The predicted molar refractivity (Wildman–Crippen MR) is 119 cm³/mol. The third-order valence-electron chi connectivity index (χ3n) is 4.76. The largest absolute Gasteiger partial charge is 0.352 e. The monoisotopic (exact) mass is 483 g/mol. The smallest absolute Gasteiger partial charge is 0.191 e. The van der Waals surface area contributed by atoms with Crippen LogP contribution in [0.1, 0.15) is 36.7 Å². The molecule has 7 nitrogen and oxygen atoms in total. The third kappa shape index (κ3) is 6.46. The van der Waals surface area contributed by atoms with Crippen molar-refractivity contribution in [3.8, 4) is 0 Å². The molecule has 148 valence electrons. The minimum absolute atomic E-state index is 0. The molecule has 0 radical (unpaired) electrons. The van der Waals surface area contributed by atoms with Crippen molar-refractivity contribution in [3.63, 3.8) is 0 Å². The maximum absolute atomic E-state index is 4.27. The summed E-state index contributed by atoms with van der Waals surface area (Å²) in [5.41, 5.74) is 2.63. The molecule has 1 aliphatic heterocycles. The van der Waals surface area contributed by atoms with E-state index in [0.717, 1.165) is 31.4 Å². The van der Waals surface area contributed by atoms with Gasteiger partial charge in [0.05, 0.1) is 6.54 Å². The van der Waals surface area contributed by atoms with Gasteiger partial charge in [-0.3, -0.25) is 9.89 Å². The number of aromatic nitrogens is 3. The molecule has 0 spiro atoms. The van der Waals surface area contributed by atoms with E-state index in [1.165, 1.54) is 37.1 Å². The fraction of sp³-hybridized carbons (Fsp3) is 0.526. The third-order valence-corrected chi connectivity index (χ3v) is 4.76. The summed E-state index contributed by atoms with van der Waals surface area (Å²) < 4.78 is 2.01. The van der Waals surface area contributed by atoms with Gasteiger partial charge in [0.15, 0.2) is 11.8 Å². The minimum atomic E-state index is 0. The average Bonchev–Trinajstić information content (AvgIpc) is 3.34. The maximum atomic E-state index is 4.27. The highest BCUT2D eigenvalue weighted by Crippen LogP contribution is 2.13. The summed E-state index contributed by atoms with van der Waals surface area (Å²) in [7, 11) is 1.78. The number of benzene rings is 1. The first-order chi connectivity index (χ1) is 12.8. The van der Waals surface area contributed by atoms with E-state index in [-0.39, 0.29) is 24.0 Å². The molecular weight excluding hydrogens is 453 g/mol. The molecular formula is C19H30IN7. The lowest BCUT2D eigenvalue weighted by atomic mass is 10.1. The molecule has 3 rings (SSSR count). The molecule has 1 fully saturated rings. The number of halogens is 1. The van der Waals surface area contributed by atoms with E-state index in [1.807, 2.05) is 4.57 Å². The maximum Gasteiger partial charge on any atom is 0.191 e. The molecule has 0 saturated carbocycles. The van der Waals surface area contributed by atoms with Crippen LogP contribution >= 0.6 is 24.0 Å². The first-order valence-corrected chi connectivity index (χ1v) is 9.40. The van der Waals surface area contributed by atoms with Gasteiger partial charge in [0, 0.05) is 26.7 Å². The summed E-state index contributed by atoms with van der Waals surface area (Å²) in [5.74, 6) is 1.67. The highest BCUT2D eigenvalue weighted by Gasteiger charge is 2.11.